The number of aromatic nitrogens is 1. The van der Waals surface area contributed by atoms with Gasteiger partial charge < -0.3 is 9.88 Å². The number of fused-ring (bicyclic) bond motifs is 1. The number of imide groups is 1. The Morgan fingerprint density at radius 2 is 1.89 bits per heavy atom. The lowest BCUT2D eigenvalue weighted by Crippen LogP contribution is -2.35. The number of amides is 3. The highest BCUT2D eigenvalue weighted by Crippen LogP contribution is 2.29. The summed E-state index contributed by atoms with van der Waals surface area (Å²) in [6.45, 7) is 2.47. The average Bonchev–Trinajstić information content (AvgIpc) is 2.98. The molecule has 6 nitrogen and oxygen atoms in total. The van der Waals surface area contributed by atoms with E-state index in [2.05, 4.69) is 10.3 Å². The monoisotopic (exact) mass is 247 g/mol. The van der Waals surface area contributed by atoms with E-state index in [4.69, 9.17) is 0 Å². The summed E-state index contributed by atoms with van der Waals surface area (Å²) in [7, 11) is 0. The summed E-state index contributed by atoms with van der Waals surface area (Å²) < 4.78 is 0. The maximum Gasteiger partial charge on any atom is 0.255 e. The van der Waals surface area contributed by atoms with E-state index in [1.165, 1.54) is 0 Å². The van der Waals surface area contributed by atoms with Crippen molar-refractivity contribution in [3.8, 4) is 0 Å². The number of rotatable bonds is 1. The third-order valence-corrected chi connectivity index (χ3v) is 3.71. The van der Waals surface area contributed by atoms with Crippen molar-refractivity contribution in [3.63, 3.8) is 0 Å². The van der Waals surface area contributed by atoms with Gasteiger partial charge in [0.2, 0.25) is 11.8 Å². The van der Waals surface area contributed by atoms with Gasteiger partial charge in [0.25, 0.3) is 5.91 Å². The summed E-state index contributed by atoms with van der Waals surface area (Å²) in [6, 6.07) is 1.72. The Morgan fingerprint density at radius 1 is 1.28 bits per heavy atom. The maximum atomic E-state index is 12.2. The molecule has 2 aliphatic rings. The van der Waals surface area contributed by atoms with E-state index in [-0.39, 0.29) is 29.6 Å². The quantitative estimate of drug-likeness (QED) is 0.666. The fraction of sp³-hybridized carbons (Fsp3) is 0.417. The number of nitrogens with one attached hydrogen (secondary N) is 2. The summed E-state index contributed by atoms with van der Waals surface area (Å²) in [6.07, 6.45) is 1.71. The highest BCUT2D eigenvalue weighted by atomic mass is 16.2. The normalized spacial score (nSPS) is 26.4. The summed E-state index contributed by atoms with van der Waals surface area (Å²) in [5.41, 5.74) is 1.40. The van der Waals surface area contributed by atoms with Gasteiger partial charge in [-0.2, -0.15) is 0 Å². The van der Waals surface area contributed by atoms with Crippen LogP contribution in [0.15, 0.2) is 12.3 Å². The van der Waals surface area contributed by atoms with Crippen molar-refractivity contribution in [3.05, 3.63) is 23.5 Å². The molecule has 18 heavy (non-hydrogen) atoms. The van der Waals surface area contributed by atoms with Crippen LogP contribution in [0.25, 0.3) is 0 Å². The molecule has 0 unspecified atom stereocenters. The molecule has 1 aromatic rings. The van der Waals surface area contributed by atoms with Gasteiger partial charge in [-0.15, -0.1) is 0 Å². The van der Waals surface area contributed by atoms with Gasteiger partial charge in [-0.25, -0.2) is 0 Å². The van der Waals surface area contributed by atoms with Crippen LogP contribution in [-0.4, -0.2) is 40.7 Å². The number of carbonyl (C=O) groups excluding carboxylic acids is 3. The Labute approximate surface area is 103 Å². The number of aryl methyl sites for hydroxylation is 1. The molecule has 0 radical (unpaired) electrons. The molecule has 2 aliphatic heterocycles. The van der Waals surface area contributed by atoms with Crippen LogP contribution in [-0.2, 0) is 9.59 Å². The molecule has 0 aromatic carbocycles. The van der Waals surface area contributed by atoms with E-state index in [9.17, 15) is 14.4 Å². The van der Waals surface area contributed by atoms with Crippen LogP contribution in [0.2, 0.25) is 0 Å². The second-order valence-electron chi connectivity index (χ2n) is 4.79. The smallest absolute Gasteiger partial charge is 0.255 e. The van der Waals surface area contributed by atoms with Crippen LogP contribution >= 0.6 is 0 Å². The average molecular weight is 247 g/mol. The molecule has 1 aromatic heterocycles. The summed E-state index contributed by atoms with van der Waals surface area (Å²) in [5, 5.41) is 2.30. The van der Waals surface area contributed by atoms with Crippen molar-refractivity contribution in [2.24, 2.45) is 11.8 Å². The number of hydrogen-bond acceptors (Lipinski definition) is 3. The third kappa shape index (κ3) is 1.45. The van der Waals surface area contributed by atoms with Gasteiger partial charge in [-0.1, -0.05) is 0 Å². The predicted molar refractivity (Wildman–Crippen MR) is 61.6 cm³/mol. The Bertz CT molecular complexity index is 527. The number of hydrogen-bond donors (Lipinski definition) is 2. The number of H-pyrrole nitrogens is 1. The predicted octanol–water partition coefficient (Wildman–Crippen LogP) is -0.332. The standard InChI is InChI=1S/C12H13N3O3/c1-6-7(2-3-13-6)12(18)15-4-8-9(5-15)11(17)14-10(8)16/h2-3,8-9,13H,4-5H2,1H3,(H,14,16,17)/t8-,9+. The van der Waals surface area contributed by atoms with E-state index >= 15 is 0 Å². The summed E-state index contributed by atoms with van der Waals surface area (Å²) >= 11 is 0. The zero-order chi connectivity index (χ0) is 12.9. The van der Waals surface area contributed by atoms with Crippen molar-refractivity contribution in [2.75, 3.05) is 13.1 Å². The van der Waals surface area contributed by atoms with Gasteiger partial charge in [0.15, 0.2) is 0 Å². The molecule has 2 N–H and O–H groups in total. The van der Waals surface area contributed by atoms with Crippen LogP contribution in [0, 0.1) is 18.8 Å². The van der Waals surface area contributed by atoms with Crippen molar-refractivity contribution in [1.82, 2.24) is 15.2 Å². The molecular weight excluding hydrogens is 234 g/mol. The first-order valence-corrected chi connectivity index (χ1v) is 5.86. The van der Waals surface area contributed by atoms with E-state index in [1.54, 1.807) is 17.2 Å². The fourth-order valence-corrected chi connectivity index (χ4v) is 2.66. The minimum Gasteiger partial charge on any atom is -0.365 e. The van der Waals surface area contributed by atoms with Crippen molar-refractivity contribution >= 4 is 17.7 Å². The van der Waals surface area contributed by atoms with Crippen molar-refractivity contribution in [1.29, 1.82) is 0 Å². The highest BCUT2D eigenvalue weighted by molar-refractivity contribution is 6.07. The lowest BCUT2D eigenvalue weighted by molar-refractivity contribution is -0.126. The summed E-state index contributed by atoms with van der Waals surface area (Å²) in [4.78, 5) is 39.8. The first kappa shape index (κ1) is 11.0. The maximum absolute atomic E-state index is 12.2. The van der Waals surface area contributed by atoms with Crippen molar-refractivity contribution < 1.29 is 14.4 Å². The van der Waals surface area contributed by atoms with Crippen LogP contribution in [0.3, 0.4) is 0 Å². The molecule has 2 saturated heterocycles. The Kier molecular flexibility index (Phi) is 2.26. The molecule has 0 saturated carbocycles. The number of carbonyl (C=O) groups is 3. The van der Waals surface area contributed by atoms with Gasteiger partial charge in [0.05, 0.1) is 17.4 Å². The SMILES string of the molecule is Cc1[nH]ccc1C(=O)N1C[C@@H]2C(=O)NC(=O)[C@@H]2C1. The van der Waals surface area contributed by atoms with Gasteiger partial charge in [-0.05, 0) is 13.0 Å². The Balaban J connectivity index is 1.81. The second-order valence-corrected chi connectivity index (χ2v) is 4.79. The molecule has 2 fully saturated rings. The molecule has 0 aliphatic carbocycles. The first-order chi connectivity index (χ1) is 8.58. The lowest BCUT2D eigenvalue weighted by Gasteiger charge is -2.16. The fourth-order valence-electron chi connectivity index (χ4n) is 2.66. The molecule has 94 valence electrons. The minimum absolute atomic E-state index is 0.122. The van der Waals surface area contributed by atoms with Gasteiger partial charge >= 0.3 is 0 Å². The lowest BCUT2D eigenvalue weighted by atomic mass is 10.00. The van der Waals surface area contributed by atoms with Crippen LogP contribution in [0.5, 0.6) is 0 Å². The van der Waals surface area contributed by atoms with Crippen LogP contribution in [0.4, 0.5) is 0 Å². The van der Waals surface area contributed by atoms with Crippen LogP contribution in [0.1, 0.15) is 16.1 Å². The molecule has 0 bridgehead atoms. The highest BCUT2D eigenvalue weighted by Gasteiger charge is 2.49. The van der Waals surface area contributed by atoms with E-state index < -0.39 is 0 Å². The molecule has 3 rings (SSSR count). The topological polar surface area (TPSA) is 82.3 Å². The van der Waals surface area contributed by atoms with Crippen molar-refractivity contribution in [2.45, 2.75) is 6.92 Å². The van der Waals surface area contributed by atoms with Gasteiger partial charge in [-0.3, -0.25) is 19.7 Å². The Morgan fingerprint density at radius 3 is 2.39 bits per heavy atom. The molecule has 0 spiro atoms. The van der Waals surface area contributed by atoms with E-state index in [0.29, 0.717) is 18.7 Å². The van der Waals surface area contributed by atoms with E-state index in [0.717, 1.165) is 5.69 Å². The zero-order valence-electron chi connectivity index (χ0n) is 9.90. The zero-order valence-corrected chi connectivity index (χ0v) is 9.90. The first-order valence-electron chi connectivity index (χ1n) is 5.86. The third-order valence-electron chi connectivity index (χ3n) is 3.71. The number of aromatic amines is 1. The molecule has 3 amide bonds. The largest absolute Gasteiger partial charge is 0.365 e. The molecule has 3 heterocycles. The second kappa shape index (κ2) is 3.69. The number of nitrogens with zero attached hydrogens (tertiary/aromatic N) is 1. The molecule has 2 atom stereocenters. The molecule has 6 heteroatoms. The van der Waals surface area contributed by atoms with Gasteiger partial charge in [0, 0.05) is 25.0 Å². The number of likely N-dealkylation sites (tertiary alicyclic amines) is 1. The van der Waals surface area contributed by atoms with Crippen LogP contribution < -0.4 is 5.32 Å². The summed E-state index contributed by atoms with van der Waals surface area (Å²) in [5.74, 6) is -1.39. The van der Waals surface area contributed by atoms with Gasteiger partial charge in [0.1, 0.15) is 0 Å². The molecular formula is C12H13N3O3. The minimum atomic E-state index is -0.374. The van der Waals surface area contributed by atoms with E-state index in [1.807, 2.05) is 6.92 Å². The Hall–Kier alpha value is -2.11.